The van der Waals surface area contributed by atoms with Crippen LogP contribution in [0.3, 0.4) is 0 Å². The molecule has 3 aliphatic heterocycles. The van der Waals surface area contributed by atoms with Crippen molar-refractivity contribution in [2.45, 2.75) is 18.9 Å². The standard InChI is InChI=1S/C12H20N2O2/c15-9-13-5-10-7-14(8-11(10)6-13)12-1-3-16-4-2-12/h9-12H,1-8H2. The van der Waals surface area contributed by atoms with Crippen LogP contribution in [0.25, 0.3) is 0 Å². The largest absolute Gasteiger partial charge is 0.381 e. The van der Waals surface area contributed by atoms with Crippen LogP contribution in [0.5, 0.6) is 0 Å². The Bertz CT molecular complexity index is 252. The number of amides is 1. The highest BCUT2D eigenvalue weighted by Gasteiger charge is 2.41. The molecule has 0 aromatic rings. The lowest BCUT2D eigenvalue weighted by atomic mass is 10.0. The van der Waals surface area contributed by atoms with E-state index in [1.54, 1.807) is 0 Å². The maximum absolute atomic E-state index is 10.7. The highest BCUT2D eigenvalue weighted by molar-refractivity contribution is 5.47. The van der Waals surface area contributed by atoms with Gasteiger partial charge in [0.2, 0.25) is 6.41 Å². The molecule has 4 nitrogen and oxygen atoms in total. The lowest BCUT2D eigenvalue weighted by molar-refractivity contribution is -0.117. The number of fused-ring (bicyclic) bond motifs is 1. The Morgan fingerprint density at radius 2 is 1.62 bits per heavy atom. The summed E-state index contributed by atoms with van der Waals surface area (Å²) in [6.45, 7) is 6.20. The highest BCUT2D eigenvalue weighted by atomic mass is 16.5. The number of carbonyl (C=O) groups is 1. The Morgan fingerprint density at radius 1 is 1.00 bits per heavy atom. The zero-order valence-corrected chi connectivity index (χ0v) is 9.68. The highest BCUT2D eigenvalue weighted by Crippen LogP contribution is 2.33. The molecule has 3 aliphatic rings. The fraction of sp³-hybridized carbons (Fsp3) is 0.917. The molecule has 16 heavy (non-hydrogen) atoms. The molecule has 3 fully saturated rings. The molecular formula is C12H20N2O2. The van der Waals surface area contributed by atoms with E-state index in [0.29, 0.717) is 0 Å². The first kappa shape index (κ1) is 10.5. The summed E-state index contributed by atoms with van der Waals surface area (Å²) in [5.41, 5.74) is 0. The second kappa shape index (κ2) is 4.34. The number of hydrogen-bond donors (Lipinski definition) is 0. The van der Waals surface area contributed by atoms with E-state index in [9.17, 15) is 4.79 Å². The zero-order chi connectivity index (χ0) is 11.0. The molecule has 0 aromatic heterocycles. The Labute approximate surface area is 96.5 Å². The maximum Gasteiger partial charge on any atom is 0.209 e. The van der Waals surface area contributed by atoms with Crippen molar-refractivity contribution in [1.82, 2.24) is 9.80 Å². The number of rotatable bonds is 2. The van der Waals surface area contributed by atoms with Gasteiger partial charge in [-0.05, 0) is 24.7 Å². The second-order valence-corrected chi connectivity index (χ2v) is 5.38. The number of nitrogens with zero attached hydrogens (tertiary/aromatic N) is 2. The number of likely N-dealkylation sites (tertiary alicyclic amines) is 2. The van der Waals surface area contributed by atoms with Gasteiger partial charge in [0.1, 0.15) is 0 Å². The first-order chi connectivity index (χ1) is 7.86. The fourth-order valence-electron chi connectivity index (χ4n) is 3.50. The Balaban J connectivity index is 1.56. The Morgan fingerprint density at radius 3 is 2.19 bits per heavy atom. The van der Waals surface area contributed by atoms with Gasteiger partial charge in [-0.1, -0.05) is 0 Å². The summed E-state index contributed by atoms with van der Waals surface area (Å²) in [6, 6.07) is 0.740. The SMILES string of the molecule is O=CN1CC2CN(C3CCOCC3)CC2C1. The number of ether oxygens (including phenoxy) is 1. The van der Waals surface area contributed by atoms with Crippen LogP contribution in [0.1, 0.15) is 12.8 Å². The van der Waals surface area contributed by atoms with Crippen molar-refractivity contribution in [3.8, 4) is 0 Å². The van der Waals surface area contributed by atoms with Crippen LogP contribution >= 0.6 is 0 Å². The van der Waals surface area contributed by atoms with Crippen molar-refractivity contribution in [2.24, 2.45) is 11.8 Å². The summed E-state index contributed by atoms with van der Waals surface area (Å²) < 4.78 is 5.41. The molecule has 0 bridgehead atoms. The molecule has 3 heterocycles. The van der Waals surface area contributed by atoms with Gasteiger partial charge in [0, 0.05) is 45.4 Å². The van der Waals surface area contributed by atoms with Gasteiger partial charge >= 0.3 is 0 Å². The van der Waals surface area contributed by atoms with Crippen molar-refractivity contribution in [1.29, 1.82) is 0 Å². The molecule has 3 saturated heterocycles. The van der Waals surface area contributed by atoms with E-state index in [0.717, 1.165) is 50.6 Å². The van der Waals surface area contributed by atoms with Crippen LogP contribution in [0.4, 0.5) is 0 Å². The van der Waals surface area contributed by atoms with E-state index in [1.165, 1.54) is 25.9 Å². The molecule has 0 aromatic carbocycles. The molecular weight excluding hydrogens is 204 g/mol. The van der Waals surface area contributed by atoms with Crippen molar-refractivity contribution in [3.05, 3.63) is 0 Å². The van der Waals surface area contributed by atoms with E-state index >= 15 is 0 Å². The average molecular weight is 224 g/mol. The molecule has 1 amide bonds. The van der Waals surface area contributed by atoms with E-state index in [1.807, 2.05) is 4.90 Å². The third kappa shape index (κ3) is 1.84. The maximum atomic E-state index is 10.7. The van der Waals surface area contributed by atoms with Gasteiger partial charge in [0.15, 0.2) is 0 Å². The van der Waals surface area contributed by atoms with Crippen molar-refractivity contribution >= 4 is 6.41 Å². The molecule has 0 N–H and O–H groups in total. The van der Waals surface area contributed by atoms with Gasteiger partial charge in [-0.3, -0.25) is 9.69 Å². The summed E-state index contributed by atoms with van der Waals surface area (Å²) >= 11 is 0. The molecule has 2 atom stereocenters. The molecule has 4 heteroatoms. The van der Waals surface area contributed by atoms with Crippen LogP contribution in [-0.4, -0.2) is 61.6 Å². The Hall–Kier alpha value is -0.610. The molecule has 2 unspecified atom stereocenters. The fourth-order valence-corrected chi connectivity index (χ4v) is 3.50. The van der Waals surface area contributed by atoms with Gasteiger partial charge in [0.25, 0.3) is 0 Å². The van der Waals surface area contributed by atoms with E-state index < -0.39 is 0 Å². The Kier molecular flexibility index (Phi) is 2.86. The first-order valence-electron chi connectivity index (χ1n) is 6.38. The van der Waals surface area contributed by atoms with Crippen LogP contribution < -0.4 is 0 Å². The quantitative estimate of drug-likeness (QED) is 0.628. The van der Waals surface area contributed by atoms with Crippen molar-refractivity contribution in [3.63, 3.8) is 0 Å². The normalized spacial score (nSPS) is 36.6. The van der Waals surface area contributed by atoms with Gasteiger partial charge in [0.05, 0.1) is 0 Å². The third-order valence-electron chi connectivity index (χ3n) is 4.40. The van der Waals surface area contributed by atoms with Gasteiger partial charge < -0.3 is 9.64 Å². The van der Waals surface area contributed by atoms with Crippen LogP contribution in [0.2, 0.25) is 0 Å². The molecule has 3 rings (SSSR count). The predicted octanol–water partition coefficient (Wildman–Crippen LogP) is 0.185. The van der Waals surface area contributed by atoms with Crippen molar-refractivity contribution in [2.75, 3.05) is 39.4 Å². The van der Waals surface area contributed by atoms with E-state index in [2.05, 4.69) is 4.90 Å². The van der Waals surface area contributed by atoms with E-state index in [4.69, 9.17) is 4.74 Å². The van der Waals surface area contributed by atoms with Gasteiger partial charge in [-0.2, -0.15) is 0 Å². The summed E-state index contributed by atoms with van der Waals surface area (Å²) in [7, 11) is 0. The topological polar surface area (TPSA) is 32.8 Å². The monoisotopic (exact) mass is 224 g/mol. The van der Waals surface area contributed by atoms with Crippen LogP contribution in [0, 0.1) is 11.8 Å². The third-order valence-corrected chi connectivity index (χ3v) is 4.40. The van der Waals surface area contributed by atoms with Gasteiger partial charge in [-0.25, -0.2) is 0 Å². The lowest BCUT2D eigenvalue weighted by Crippen LogP contribution is -2.39. The lowest BCUT2D eigenvalue weighted by Gasteiger charge is -2.32. The van der Waals surface area contributed by atoms with Crippen LogP contribution in [0.15, 0.2) is 0 Å². The zero-order valence-electron chi connectivity index (χ0n) is 9.68. The van der Waals surface area contributed by atoms with Gasteiger partial charge in [-0.15, -0.1) is 0 Å². The molecule has 0 radical (unpaired) electrons. The molecule has 0 aliphatic carbocycles. The number of hydrogen-bond acceptors (Lipinski definition) is 3. The first-order valence-corrected chi connectivity index (χ1v) is 6.38. The van der Waals surface area contributed by atoms with E-state index in [-0.39, 0.29) is 0 Å². The summed E-state index contributed by atoms with van der Waals surface area (Å²) in [6.07, 6.45) is 3.39. The molecule has 90 valence electrons. The predicted molar refractivity (Wildman–Crippen MR) is 60.0 cm³/mol. The minimum Gasteiger partial charge on any atom is -0.381 e. The smallest absolute Gasteiger partial charge is 0.209 e. The van der Waals surface area contributed by atoms with Crippen LogP contribution in [-0.2, 0) is 9.53 Å². The minimum absolute atomic E-state index is 0.730. The average Bonchev–Trinajstić information content (AvgIpc) is 2.87. The molecule has 0 saturated carbocycles. The second-order valence-electron chi connectivity index (χ2n) is 5.38. The van der Waals surface area contributed by atoms with Crippen molar-refractivity contribution < 1.29 is 9.53 Å². The molecule has 0 spiro atoms. The summed E-state index contributed by atoms with van der Waals surface area (Å²) in [5.74, 6) is 1.46. The minimum atomic E-state index is 0.730. The summed E-state index contributed by atoms with van der Waals surface area (Å²) in [4.78, 5) is 15.3. The summed E-state index contributed by atoms with van der Waals surface area (Å²) in [5, 5.41) is 0. The number of carbonyl (C=O) groups excluding carboxylic acids is 1.